The molecule has 0 unspecified atom stereocenters. The molecule has 118 valence electrons. The number of carbonyl (C=O) groups is 1. The quantitative estimate of drug-likeness (QED) is 0.847. The minimum absolute atomic E-state index is 0.141. The fourth-order valence-corrected chi connectivity index (χ4v) is 2.75. The first-order chi connectivity index (χ1) is 10.7. The van der Waals surface area contributed by atoms with Gasteiger partial charge in [-0.25, -0.2) is 0 Å². The van der Waals surface area contributed by atoms with Gasteiger partial charge in [0.25, 0.3) is 0 Å². The normalized spacial score (nSPS) is 16.4. The van der Waals surface area contributed by atoms with Crippen molar-refractivity contribution in [3.8, 4) is 11.8 Å². The maximum Gasteiger partial charge on any atom is 0.240 e. The second-order valence-electron chi connectivity index (χ2n) is 5.61. The van der Waals surface area contributed by atoms with E-state index in [1.165, 1.54) is 0 Å². The van der Waals surface area contributed by atoms with Crippen molar-refractivity contribution in [1.82, 2.24) is 5.32 Å². The molecular formula is C17H23N3O2. The van der Waals surface area contributed by atoms with E-state index in [0.29, 0.717) is 6.61 Å². The number of ether oxygens (including phenoxy) is 1. The summed E-state index contributed by atoms with van der Waals surface area (Å²) in [4.78, 5) is 12.1. The number of hydrogen-bond acceptors (Lipinski definition) is 4. The first kappa shape index (κ1) is 16.2. The highest BCUT2D eigenvalue weighted by atomic mass is 16.5. The summed E-state index contributed by atoms with van der Waals surface area (Å²) in [6.07, 6.45) is 4.64. The van der Waals surface area contributed by atoms with Gasteiger partial charge in [-0.2, -0.15) is 5.26 Å². The zero-order valence-corrected chi connectivity index (χ0v) is 13.0. The van der Waals surface area contributed by atoms with Crippen molar-refractivity contribution in [2.75, 3.05) is 18.5 Å². The molecule has 1 aromatic carbocycles. The van der Waals surface area contributed by atoms with Gasteiger partial charge >= 0.3 is 0 Å². The Morgan fingerprint density at radius 3 is 2.55 bits per heavy atom. The first-order valence-corrected chi connectivity index (χ1v) is 7.86. The Bertz CT molecular complexity index is 528. The van der Waals surface area contributed by atoms with Crippen molar-refractivity contribution < 1.29 is 9.53 Å². The van der Waals surface area contributed by atoms with Gasteiger partial charge in [0.2, 0.25) is 5.91 Å². The van der Waals surface area contributed by atoms with Gasteiger partial charge in [0.05, 0.1) is 19.2 Å². The van der Waals surface area contributed by atoms with Gasteiger partial charge in [-0.1, -0.05) is 19.3 Å². The Morgan fingerprint density at radius 2 is 1.95 bits per heavy atom. The number of nitrogens with one attached hydrogen (secondary N) is 2. The minimum Gasteiger partial charge on any atom is -0.494 e. The van der Waals surface area contributed by atoms with Crippen molar-refractivity contribution in [1.29, 1.82) is 5.26 Å². The van der Waals surface area contributed by atoms with Crippen LogP contribution in [0.3, 0.4) is 0 Å². The molecule has 2 rings (SSSR count). The highest BCUT2D eigenvalue weighted by molar-refractivity contribution is 5.81. The maximum atomic E-state index is 12.1. The summed E-state index contributed by atoms with van der Waals surface area (Å²) in [5.41, 5.74) is 0.184. The fourth-order valence-electron chi connectivity index (χ4n) is 2.75. The summed E-state index contributed by atoms with van der Waals surface area (Å²) in [5.74, 6) is 0.667. The minimum atomic E-state index is -0.671. The lowest BCUT2D eigenvalue weighted by molar-refractivity contribution is -0.121. The van der Waals surface area contributed by atoms with Crippen molar-refractivity contribution in [3.05, 3.63) is 24.3 Å². The molecular weight excluding hydrogens is 278 g/mol. The number of nitriles is 1. The largest absolute Gasteiger partial charge is 0.494 e. The van der Waals surface area contributed by atoms with Crippen LogP contribution in [0.15, 0.2) is 24.3 Å². The van der Waals surface area contributed by atoms with Crippen LogP contribution in [0.25, 0.3) is 0 Å². The van der Waals surface area contributed by atoms with E-state index in [1.54, 1.807) is 0 Å². The van der Waals surface area contributed by atoms with Crippen molar-refractivity contribution in [2.45, 2.75) is 44.6 Å². The molecule has 1 fully saturated rings. The topological polar surface area (TPSA) is 74.2 Å². The predicted octanol–water partition coefficient (Wildman–Crippen LogP) is 2.84. The molecule has 1 aliphatic carbocycles. The molecule has 5 heteroatoms. The van der Waals surface area contributed by atoms with Crippen LogP contribution in [0.1, 0.15) is 39.0 Å². The van der Waals surface area contributed by atoms with Gasteiger partial charge in [0.1, 0.15) is 11.3 Å². The third-order valence-corrected chi connectivity index (χ3v) is 3.92. The van der Waals surface area contributed by atoms with Crippen LogP contribution in [0.2, 0.25) is 0 Å². The monoisotopic (exact) mass is 301 g/mol. The van der Waals surface area contributed by atoms with Crippen molar-refractivity contribution in [2.24, 2.45) is 0 Å². The van der Waals surface area contributed by atoms with Crippen LogP contribution in [-0.4, -0.2) is 24.6 Å². The molecule has 0 aliphatic heterocycles. The lowest BCUT2D eigenvalue weighted by Gasteiger charge is -2.31. The lowest BCUT2D eigenvalue weighted by Crippen LogP contribution is -2.50. The van der Waals surface area contributed by atoms with E-state index < -0.39 is 5.54 Å². The predicted molar refractivity (Wildman–Crippen MR) is 85.7 cm³/mol. The average molecular weight is 301 g/mol. The summed E-state index contributed by atoms with van der Waals surface area (Å²) in [5, 5.41) is 15.3. The molecule has 22 heavy (non-hydrogen) atoms. The number of anilines is 1. The molecule has 0 aromatic heterocycles. The number of amides is 1. The SMILES string of the molecule is CCOc1ccc(NCC(=O)NC2(C#N)CCCCC2)cc1. The Hall–Kier alpha value is -2.22. The Kier molecular flexibility index (Phi) is 5.65. The zero-order chi connectivity index (χ0) is 15.8. The van der Waals surface area contributed by atoms with Gasteiger partial charge in [-0.05, 0) is 44.0 Å². The molecule has 0 bridgehead atoms. The average Bonchev–Trinajstić information content (AvgIpc) is 2.55. The van der Waals surface area contributed by atoms with Crippen LogP contribution >= 0.6 is 0 Å². The van der Waals surface area contributed by atoms with Gasteiger partial charge < -0.3 is 15.4 Å². The smallest absolute Gasteiger partial charge is 0.240 e. The van der Waals surface area contributed by atoms with E-state index in [2.05, 4.69) is 16.7 Å². The van der Waals surface area contributed by atoms with Gasteiger partial charge in [-0.15, -0.1) is 0 Å². The number of benzene rings is 1. The van der Waals surface area contributed by atoms with Crippen LogP contribution in [0.4, 0.5) is 5.69 Å². The number of hydrogen-bond donors (Lipinski definition) is 2. The van der Waals surface area contributed by atoms with Crippen LogP contribution in [0.5, 0.6) is 5.75 Å². The van der Waals surface area contributed by atoms with E-state index in [4.69, 9.17) is 4.74 Å². The molecule has 5 nitrogen and oxygen atoms in total. The Labute approximate surface area is 131 Å². The zero-order valence-electron chi connectivity index (χ0n) is 13.0. The standard InChI is InChI=1S/C17H23N3O2/c1-2-22-15-8-6-14(7-9-15)19-12-16(21)20-17(13-18)10-4-3-5-11-17/h6-9,19H,2-5,10-12H2,1H3,(H,20,21). The third-order valence-electron chi connectivity index (χ3n) is 3.92. The van der Waals surface area contributed by atoms with E-state index in [1.807, 2.05) is 31.2 Å². The van der Waals surface area contributed by atoms with E-state index in [9.17, 15) is 10.1 Å². The van der Waals surface area contributed by atoms with E-state index >= 15 is 0 Å². The van der Waals surface area contributed by atoms with Crippen LogP contribution < -0.4 is 15.4 Å². The van der Waals surface area contributed by atoms with Crippen LogP contribution in [-0.2, 0) is 4.79 Å². The molecule has 0 atom stereocenters. The number of nitrogens with zero attached hydrogens (tertiary/aromatic N) is 1. The second-order valence-corrected chi connectivity index (χ2v) is 5.61. The summed E-state index contributed by atoms with van der Waals surface area (Å²) in [6, 6.07) is 9.77. The van der Waals surface area contributed by atoms with E-state index in [0.717, 1.165) is 43.5 Å². The van der Waals surface area contributed by atoms with Crippen molar-refractivity contribution >= 4 is 11.6 Å². The number of carbonyl (C=O) groups excluding carboxylic acids is 1. The highest BCUT2D eigenvalue weighted by Crippen LogP contribution is 2.27. The maximum absolute atomic E-state index is 12.1. The summed E-state index contributed by atoms with van der Waals surface area (Å²) < 4.78 is 5.37. The van der Waals surface area contributed by atoms with Gasteiger partial charge in [0.15, 0.2) is 0 Å². The van der Waals surface area contributed by atoms with Crippen molar-refractivity contribution in [3.63, 3.8) is 0 Å². The summed E-state index contributed by atoms with van der Waals surface area (Å²) in [7, 11) is 0. The molecule has 1 amide bonds. The molecule has 0 heterocycles. The molecule has 0 saturated heterocycles. The molecule has 2 N–H and O–H groups in total. The molecule has 1 aromatic rings. The van der Waals surface area contributed by atoms with Gasteiger partial charge in [0, 0.05) is 5.69 Å². The highest BCUT2D eigenvalue weighted by Gasteiger charge is 2.33. The van der Waals surface area contributed by atoms with Crippen LogP contribution in [0, 0.1) is 11.3 Å². The third kappa shape index (κ3) is 4.39. The lowest BCUT2D eigenvalue weighted by atomic mass is 9.83. The second kappa shape index (κ2) is 7.69. The van der Waals surface area contributed by atoms with E-state index in [-0.39, 0.29) is 12.5 Å². The molecule has 1 aliphatic rings. The Balaban J connectivity index is 1.83. The summed E-state index contributed by atoms with van der Waals surface area (Å²) in [6.45, 7) is 2.73. The Morgan fingerprint density at radius 1 is 1.27 bits per heavy atom. The van der Waals surface area contributed by atoms with Gasteiger partial charge in [-0.3, -0.25) is 4.79 Å². The first-order valence-electron chi connectivity index (χ1n) is 7.86. The molecule has 0 spiro atoms. The molecule has 1 saturated carbocycles. The fraction of sp³-hybridized carbons (Fsp3) is 0.529. The number of rotatable bonds is 6. The molecule has 0 radical (unpaired) electrons. The summed E-state index contributed by atoms with van der Waals surface area (Å²) >= 11 is 0.